The molecule has 1 aliphatic heterocycles. The van der Waals surface area contributed by atoms with E-state index in [1.165, 1.54) is 0 Å². The van der Waals surface area contributed by atoms with Gasteiger partial charge in [0, 0.05) is 25.0 Å². The normalized spacial score (nSPS) is 21.3. The fourth-order valence-corrected chi connectivity index (χ4v) is 3.07. The SMILES string of the molecule is Cc1ccc(-c2csc(C3CN(C)CCN3)n2)o1. The molecular formula is C13H17N3OS. The van der Waals surface area contributed by atoms with Gasteiger partial charge >= 0.3 is 0 Å². The van der Waals surface area contributed by atoms with Crippen LogP contribution in [0.3, 0.4) is 0 Å². The molecule has 1 aliphatic rings. The highest BCUT2D eigenvalue weighted by Crippen LogP contribution is 2.27. The van der Waals surface area contributed by atoms with Crippen molar-refractivity contribution < 1.29 is 4.42 Å². The van der Waals surface area contributed by atoms with Gasteiger partial charge in [0.15, 0.2) is 5.76 Å². The van der Waals surface area contributed by atoms with Gasteiger partial charge in [-0.05, 0) is 26.1 Å². The van der Waals surface area contributed by atoms with Gasteiger partial charge in [-0.3, -0.25) is 0 Å². The molecule has 3 rings (SSSR count). The number of nitrogens with one attached hydrogen (secondary N) is 1. The maximum atomic E-state index is 5.60. The number of furan rings is 1. The zero-order chi connectivity index (χ0) is 12.5. The van der Waals surface area contributed by atoms with Crippen LogP contribution in [0.25, 0.3) is 11.5 Å². The van der Waals surface area contributed by atoms with E-state index in [0.29, 0.717) is 6.04 Å². The van der Waals surface area contributed by atoms with Gasteiger partial charge in [-0.15, -0.1) is 11.3 Å². The van der Waals surface area contributed by atoms with Crippen molar-refractivity contribution in [2.75, 3.05) is 26.7 Å². The van der Waals surface area contributed by atoms with Crippen LogP contribution in [0.2, 0.25) is 0 Å². The average Bonchev–Trinajstić information content (AvgIpc) is 2.97. The van der Waals surface area contributed by atoms with Crippen molar-refractivity contribution in [3.63, 3.8) is 0 Å². The first kappa shape index (κ1) is 11.9. The Morgan fingerprint density at radius 3 is 3.11 bits per heavy atom. The third kappa shape index (κ3) is 2.34. The molecule has 0 bridgehead atoms. The van der Waals surface area contributed by atoms with Gasteiger partial charge in [-0.25, -0.2) is 4.98 Å². The fraction of sp³-hybridized carbons (Fsp3) is 0.462. The Bertz CT molecular complexity index is 534. The predicted molar refractivity (Wildman–Crippen MR) is 72.8 cm³/mol. The van der Waals surface area contributed by atoms with Crippen LogP contribution < -0.4 is 5.32 Å². The number of hydrogen-bond donors (Lipinski definition) is 1. The first-order valence-electron chi connectivity index (χ1n) is 6.16. The minimum Gasteiger partial charge on any atom is -0.460 e. The molecule has 0 spiro atoms. The van der Waals surface area contributed by atoms with Crippen molar-refractivity contribution in [1.29, 1.82) is 0 Å². The van der Waals surface area contributed by atoms with Crippen molar-refractivity contribution in [2.45, 2.75) is 13.0 Å². The molecule has 18 heavy (non-hydrogen) atoms. The molecule has 0 amide bonds. The molecule has 4 nitrogen and oxygen atoms in total. The van der Waals surface area contributed by atoms with Crippen LogP contribution in [0.15, 0.2) is 21.9 Å². The van der Waals surface area contributed by atoms with Crippen molar-refractivity contribution in [1.82, 2.24) is 15.2 Å². The quantitative estimate of drug-likeness (QED) is 0.902. The fourth-order valence-electron chi connectivity index (χ4n) is 2.20. The summed E-state index contributed by atoms with van der Waals surface area (Å²) in [5, 5.41) is 6.73. The number of aryl methyl sites for hydroxylation is 1. The maximum Gasteiger partial charge on any atom is 0.153 e. The molecule has 1 fully saturated rings. The highest BCUT2D eigenvalue weighted by Gasteiger charge is 2.21. The van der Waals surface area contributed by atoms with E-state index in [-0.39, 0.29) is 0 Å². The molecule has 1 unspecified atom stereocenters. The average molecular weight is 263 g/mol. The Labute approximate surface area is 111 Å². The molecule has 1 N–H and O–H groups in total. The molecule has 1 atom stereocenters. The van der Waals surface area contributed by atoms with Crippen LogP contribution in [-0.2, 0) is 0 Å². The van der Waals surface area contributed by atoms with Crippen LogP contribution >= 0.6 is 11.3 Å². The van der Waals surface area contributed by atoms with E-state index in [0.717, 1.165) is 41.9 Å². The number of nitrogens with zero attached hydrogens (tertiary/aromatic N) is 2. The minimum absolute atomic E-state index is 0.346. The van der Waals surface area contributed by atoms with E-state index in [9.17, 15) is 0 Å². The second-order valence-electron chi connectivity index (χ2n) is 4.75. The first-order valence-corrected chi connectivity index (χ1v) is 7.04. The molecule has 3 heterocycles. The highest BCUT2D eigenvalue weighted by molar-refractivity contribution is 7.10. The van der Waals surface area contributed by atoms with Gasteiger partial charge in [-0.1, -0.05) is 0 Å². The Balaban J connectivity index is 1.80. The van der Waals surface area contributed by atoms with E-state index in [1.807, 2.05) is 19.1 Å². The summed E-state index contributed by atoms with van der Waals surface area (Å²) in [4.78, 5) is 7.02. The molecule has 2 aromatic heterocycles. The number of rotatable bonds is 2. The third-order valence-electron chi connectivity index (χ3n) is 3.19. The zero-order valence-corrected chi connectivity index (χ0v) is 11.5. The van der Waals surface area contributed by atoms with Crippen LogP contribution in [0.4, 0.5) is 0 Å². The molecule has 0 saturated carbocycles. The summed E-state index contributed by atoms with van der Waals surface area (Å²) in [6.45, 7) is 5.10. The minimum atomic E-state index is 0.346. The molecule has 0 aromatic carbocycles. The summed E-state index contributed by atoms with van der Waals surface area (Å²) in [5.41, 5.74) is 0.943. The Morgan fingerprint density at radius 2 is 2.39 bits per heavy atom. The van der Waals surface area contributed by atoms with E-state index >= 15 is 0 Å². The molecule has 5 heteroatoms. The number of hydrogen-bond acceptors (Lipinski definition) is 5. The summed E-state index contributed by atoms with van der Waals surface area (Å²) in [7, 11) is 2.15. The van der Waals surface area contributed by atoms with Crippen molar-refractivity contribution in [3.8, 4) is 11.5 Å². The summed E-state index contributed by atoms with van der Waals surface area (Å²) in [5.74, 6) is 1.79. The number of piperazine rings is 1. The molecule has 0 aliphatic carbocycles. The van der Waals surface area contributed by atoms with Gasteiger partial charge in [-0.2, -0.15) is 0 Å². The number of aromatic nitrogens is 1. The Morgan fingerprint density at radius 1 is 1.50 bits per heavy atom. The van der Waals surface area contributed by atoms with E-state index < -0.39 is 0 Å². The lowest BCUT2D eigenvalue weighted by Gasteiger charge is -2.29. The van der Waals surface area contributed by atoms with Crippen molar-refractivity contribution in [3.05, 3.63) is 28.3 Å². The second-order valence-corrected chi connectivity index (χ2v) is 5.64. The summed E-state index contributed by atoms with van der Waals surface area (Å²) in [6.07, 6.45) is 0. The lowest BCUT2D eigenvalue weighted by atomic mass is 10.2. The Kier molecular flexibility index (Phi) is 3.20. The van der Waals surface area contributed by atoms with E-state index in [1.54, 1.807) is 11.3 Å². The largest absolute Gasteiger partial charge is 0.460 e. The standard InChI is InChI=1S/C13H17N3OS/c1-9-3-4-12(17-9)11-8-18-13(15-11)10-7-16(2)6-5-14-10/h3-4,8,10,14H,5-7H2,1-2H3. The van der Waals surface area contributed by atoms with E-state index in [2.05, 4.69) is 27.6 Å². The van der Waals surface area contributed by atoms with Crippen LogP contribution in [0.1, 0.15) is 16.8 Å². The summed E-state index contributed by atoms with van der Waals surface area (Å²) >= 11 is 1.70. The van der Waals surface area contributed by atoms with E-state index in [4.69, 9.17) is 4.42 Å². The Hall–Kier alpha value is -1.17. The van der Waals surface area contributed by atoms with Crippen LogP contribution in [0, 0.1) is 6.92 Å². The van der Waals surface area contributed by atoms with Crippen LogP contribution in [-0.4, -0.2) is 36.6 Å². The molecule has 0 radical (unpaired) electrons. The molecular weight excluding hydrogens is 246 g/mol. The van der Waals surface area contributed by atoms with Gasteiger partial charge in [0.25, 0.3) is 0 Å². The van der Waals surface area contributed by atoms with Crippen molar-refractivity contribution >= 4 is 11.3 Å². The van der Waals surface area contributed by atoms with Crippen LogP contribution in [0.5, 0.6) is 0 Å². The van der Waals surface area contributed by atoms with Gasteiger partial charge in [0.1, 0.15) is 16.5 Å². The highest BCUT2D eigenvalue weighted by atomic mass is 32.1. The third-order valence-corrected chi connectivity index (χ3v) is 4.15. The molecule has 96 valence electrons. The zero-order valence-electron chi connectivity index (χ0n) is 10.6. The monoisotopic (exact) mass is 263 g/mol. The summed E-state index contributed by atoms with van der Waals surface area (Å²) < 4.78 is 5.60. The second kappa shape index (κ2) is 4.84. The topological polar surface area (TPSA) is 41.3 Å². The molecule has 1 saturated heterocycles. The van der Waals surface area contributed by atoms with Gasteiger partial charge < -0.3 is 14.6 Å². The molecule has 2 aromatic rings. The van der Waals surface area contributed by atoms with Gasteiger partial charge in [0.05, 0.1) is 6.04 Å². The predicted octanol–water partition coefficient (Wildman–Crippen LogP) is 2.29. The lowest BCUT2D eigenvalue weighted by Crippen LogP contribution is -2.43. The van der Waals surface area contributed by atoms with Gasteiger partial charge in [0.2, 0.25) is 0 Å². The van der Waals surface area contributed by atoms with Crippen molar-refractivity contribution in [2.24, 2.45) is 0 Å². The maximum absolute atomic E-state index is 5.60. The lowest BCUT2D eigenvalue weighted by molar-refractivity contribution is 0.240. The smallest absolute Gasteiger partial charge is 0.153 e. The number of likely N-dealkylation sites (N-methyl/N-ethyl adjacent to an activating group) is 1. The first-order chi connectivity index (χ1) is 8.72. The summed E-state index contributed by atoms with van der Waals surface area (Å²) in [6, 6.07) is 4.30. The number of thiazole rings is 1.